The molecule has 0 aromatic heterocycles. The number of carbonyl (C=O) groups excluding carboxylic acids is 2. The molecule has 0 saturated heterocycles. The summed E-state index contributed by atoms with van der Waals surface area (Å²) in [5.41, 5.74) is 0. The van der Waals surface area contributed by atoms with Crippen molar-refractivity contribution in [3.8, 4) is 0 Å². The highest BCUT2D eigenvalue weighted by Crippen LogP contribution is 2.16. The van der Waals surface area contributed by atoms with Crippen LogP contribution in [0.4, 0.5) is 0 Å². The summed E-state index contributed by atoms with van der Waals surface area (Å²) < 4.78 is 23.0. The molecule has 0 radical (unpaired) electrons. The van der Waals surface area contributed by atoms with Crippen molar-refractivity contribution in [3.05, 3.63) is 170 Å². The summed E-state index contributed by atoms with van der Waals surface area (Å²) in [5, 5.41) is 9.76. The van der Waals surface area contributed by atoms with Crippen molar-refractivity contribution in [2.45, 2.75) is 283 Å². The van der Waals surface area contributed by atoms with Gasteiger partial charge in [-0.05, 0) is 128 Å². The molecule has 0 aliphatic heterocycles. The second-order valence-electron chi connectivity index (χ2n) is 24.8. The van der Waals surface area contributed by atoms with Crippen molar-refractivity contribution in [2.75, 3.05) is 47.5 Å². The molecule has 0 aliphatic rings. The highest BCUT2D eigenvalue weighted by Gasteiger charge is 2.25. The maximum absolute atomic E-state index is 13.0. The number of allylic oxidation sites excluding steroid dienone is 28. The van der Waals surface area contributed by atoms with Crippen molar-refractivity contribution in [2.24, 2.45) is 0 Å². The van der Waals surface area contributed by atoms with Crippen LogP contribution in [0.25, 0.3) is 0 Å². The number of hydrogen-bond donors (Lipinski definition) is 1. The molecule has 0 saturated carbocycles. The van der Waals surface area contributed by atoms with Crippen molar-refractivity contribution in [3.63, 3.8) is 0 Å². The van der Waals surface area contributed by atoms with E-state index in [1.165, 1.54) is 96.3 Å². The molecule has 0 aliphatic carbocycles. The van der Waals surface area contributed by atoms with Crippen LogP contribution in [0.1, 0.15) is 271 Å². The number of esters is 2. The lowest BCUT2D eigenvalue weighted by atomic mass is 10.0. The first-order valence-electron chi connectivity index (χ1n) is 36.3. The number of unbranched alkanes of at least 4 members (excludes halogenated alkanes) is 22. The van der Waals surface area contributed by atoms with E-state index < -0.39 is 24.3 Å². The minimum absolute atomic E-state index is 0.175. The van der Waals surface area contributed by atoms with Gasteiger partial charge >= 0.3 is 17.9 Å². The number of ether oxygens (including phenoxy) is 4. The van der Waals surface area contributed by atoms with E-state index in [0.717, 1.165) is 141 Å². The molecule has 2 unspecified atom stereocenters. The summed E-state index contributed by atoms with van der Waals surface area (Å²) in [7, 11) is 5.96. The van der Waals surface area contributed by atoms with Gasteiger partial charge in [0.15, 0.2) is 6.10 Å². The Morgan fingerprint density at radius 2 is 0.593 bits per heavy atom. The quantitative estimate of drug-likeness (QED) is 0.0211. The first-order chi connectivity index (χ1) is 44.6. The van der Waals surface area contributed by atoms with Crippen LogP contribution < -0.4 is 0 Å². The Kier molecular flexibility index (Phi) is 66.4. The lowest BCUT2D eigenvalue weighted by Gasteiger charge is -2.25. The number of nitrogens with zero attached hydrogens (tertiary/aromatic N) is 1. The van der Waals surface area contributed by atoms with E-state index in [2.05, 4.69) is 184 Å². The van der Waals surface area contributed by atoms with Crippen LogP contribution in [-0.2, 0) is 33.3 Å². The van der Waals surface area contributed by atoms with E-state index in [4.69, 9.17) is 18.9 Å². The molecule has 0 amide bonds. The van der Waals surface area contributed by atoms with Gasteiger partial charge in [0, 0.05) is 12.8 Å². The molecule has 2 atom stereocenters. The topological polar surface area (TPSA) is 108 Å². The van der Waals surface area contributed by atoms with Crippen LogP contribution in [0.3, 0.4) is 0 Å². The van der Waals surface area contributed by atoms with Gasteiger partial charge in [0.1, 0.15) is 13.2 Å². The minimum Gasteiger partial charge on any atom is -0.477 e. The zero-order valence-corrected chi connectivity index (χ0v) is 58.7. The fourth-order valence-corrected chi connectivity index (χ4v) is 9.50. The normalized spacial score (nSPS) is 13.7. The molecular formula is C82H134NO8+. The number of likely N-dealkylation sites (N-methyl/N-ethyl adjacent to an activating group) is 1. The van der Waals surface area contributed by atoms with Gasteiger partial charge in [-0.25, -0.2) is 4.79 Å². The Hall–Kier alpha value is -5.35. The average Bonchev–Trinajstić information content (AvgIpc) is 3.46. The van der Waals surface area contributed by atoms with Gasteiger partial charge in [-0.1, -0.05) is 300 Å². The van der Waals surface area contributed by atoms with Gasteiger partial charge in [0.2, 0.25) is 0 Å². The Morgan fingerprint density at radius 3 is 0.879 bits per heavy atom. The number of carboxylic acids is 1. The smallest absolute Gasteiger partial charge is 0.361 e. The minimum atomic E-state index is -1.53. The number of rotatable bonds is 65. The largest absolute Gasteiger partial charge is 0.477 e. The number of carbonyl (C=O) groups is 3. The van der Waals surface area contributed by atoms with Crippen LogP contribution in [0.15, 0.2) is 170 Å². The summed E-state index contributed by atoms with van der Waals surface area (Å²) in [5.74, 6) is -2.04. The molecular weight excluding hydrogens is 1130 g/mol. The number of aliphatic carboxylic acids is 1. The summed E-state index contributed by atoms with van der Waals surface area (Å²) in [4.78, 5) is 37.7. The third-order valence-corrected chi connectivity index (χ3v) is 15.0. The molecule has 0 bridgehead atoms. The Bertz CT molecular complexity index is 2100. The van der Waals surface area contributed by atoms with Crippen molar-refractivity contribution < 1.29 is 42.9 Å². The SMILES string of the molecule is CC/C=C\C/C=C\C/C=C\C/C=C\C/C=C\C/C=C\C/C=C\C/C=C\C/C=C\CCCCCCCC(=O)OC(COC(=O)CCCCCCCCCCCCCCCCCCC/C=C\C/C=C\C/C=C\C/C=C\C/C=C\CC)COC(OCC[N+](C)(C)C)C(=O)O. The van der Waals surface area contributed by atoms with E-state index in [9.17, 15) is 19.5 Å². The molecule has 0 heterocycles. The lowest BCUT2D eigenvalue weighted by Crippen LogP contribution is -2.40. The number of quaternary nitrogens is 1. The predicted octanol–water partition coefficient (Wildman–Crippen LogP) is 23.0. The number of carboxylic acid groups (broad SMARTS) is 1. The first-order valence-corrected chi connectivity index (χ1v) is 36.3. The van der Waals surface area contributed by atoms with E-state index >= 15 is 0 Å². The molecule has 0 spiro atoms. The standard InChI is InChI=1S/C82H133NO8/c1-6-8-10-12-14-16-18-20-22-24-26-28-30-32-34-36-38-40-42-44-46-48-50-52-54-56-58-60-62-64-66-68-70-72-79(84)89-76-78(77-90-82(81(86)87)88-75-74-83(3,4)5)91-80(85)73-71-69-67-65-63-61-59-57-55-53-51-49-47-45-43-41-39-37-35-33-31-29-27-25-23-21-19-17-15-13-11-9-7-2/h8-11,14-17,20-23,26-29,32-35,39,41,45,47,51,53,57,59,78,82H,6-7,12-13,18-19,24-25,30-31,36-38,40,42-44,46,48-50,52,54-56,58,60-77H2,1-5H3/p+1/b10-8-,11-9-,16-14-,17-15-,22-20-,23-21-,28-26-,29-27-,34-32-,35-33-,41-39-,47-45-,53-51-,59-57-. The third kappa shape index (κ3) is 71.9. The summed E-state index contributed by atoms with van der Waals surface area (Å²) in [6.45, 7) is 4.62. The summed E-state index contributed by atoms with van der Waals surface area (Å²) >= 11 is 0. The third-order valence-electron chi connectivity index (χ3n) is 15.0. The van der Waals surface area contributed by atoms with Crippen LogP contribution in [0, 0.1) is 0 Å². The maximum Gasteiger partial charge on any atom is 0.361 e. The van der Waals surface area contributed by atoms with Gasteiger partial charge in [-0.2, -0.15) is 0 Å². The van der Waals surface area contributed by atoms with E-state index in [1.54, 1.807) is 0 Å². The molecule has 9 heteroatoms. The zero-order chi connectivity index (χ0) is 66.1. The van der Waals surface area contributed by atoms with Crippen LogP contribution in [-0.4, -0.2) is 87.4 Å². The fraction of sp³-hybridized carbons (Fsp3) is 0.622. The second-order valence-corrected chi connectivity index (χ2v) is 24.8. The van der Waals surface area contributed by atoms with Crippen molar-refractivity contribution >= 4 is 17.9 Å². The fourth-order valence-electron chi connectivity index (χ4n) is 9.50. The van der Waals surface area contributed by atoms with Gasteiger partial charge in [0.05, 0.1) is 34.4 Å². The van der Waals surface area contributed by atoms with Gasteiger partial charge in [-0.3, -0.25) is 9.59 Å². The Labute approximate surface area is 558 Å². The average molecular weight is 1260 g/mol. The van der Waals surface area contributed by atoms with Crippen LogP contribution in [0.5, 0.6) is 0 Å². The summed E-state index contributed by atoms with van der Waals surface area (Å²) in [6, 6.07) is 0. The van der Waals surface area contributed by atoms with E-state index in [-0.39, 0.29) is 38.6 Å². The molecule has 1 N–H and O–H groups in total. The Morgan fingerprint density at radius 1 is 0.330 bits per heavy atom. The van der Waals surface area contributed by atoms with Gasteiger partial charge in [0.25, 0.3) is 6.29 Å². The monoisotopic (exact) mass is 1260 g/mol. The van der Waals surface area contributed by atoms with Crippen molar-refractivity contribution in [1.29, 1.82) is 0 Å². The highest BCUT2D eigenvalue weighted by molar-refractivity contribution is 5.71. The molecule has 0 aromatic rings. The molecule has 0 fully saturated rings. The summed E-state index contributed by atoms with van der Waals surface area (Å²) in [6.07, 6.45) is 103. The Balaban J connectivity index is 4.19. The first kappa shape index (κ1) is 85.7. The van der Waals surface area contributed by atoms with E-state index in [1.807, 2.05) is 21.1 Å². The molecule has 9 nitrogen and oxygen atoms in total. The van der Waals surface area contributed by atoms with Crippen molar-refractivity contribution in [1.82, 2.24) is 0 Å². The van der Waals surface area contributed by atoms with E-state index in [0.29, 0.717) is 17.4 Å². The lowest BCUT2D eigenvalue weighted by molar-refractivity contribution is -0.870. The van der Waals surface area contributed by atoms with Crippen LogP contribution >= 0.6 is 0 Å². The zero-order valence-electron chi connectivity index (χ0n) is 58.7. The van der Waals surface area contributed by atoms with Gasteiger partial charge < -0.3 is 28.5 Å². The molecule has 514 valence electrons. The highest BCUT2D eigenvalue weighted by atomic mass is 16.7. The molecule has 0 rings (SSSR count). The maximum atomic E-state index is 13.0. The molecule has 0 aromatic carbocycles. The van der Waals surface area contributed by atoms with Crippen LogP contribution in [0.2, 0.25) is 0 Å². The number of hydrogen-bond acceptors (Lipinski definition) is 7. The second kappa shape index (κ2) is 70.5. The molecule has 91 heavy (non-hydrogen) atoms. The predicted molar refractivity (Wildman–Crippen MR) is 391 cm³/mol. The van der Waals surface area contributed by atoms with Gasteiger partial charge in [-0.15, -0.1) is 0 Å².